The number of anilines is 1. The van der Waals surface area contributed by atoms with Gasteiger partial charge in [0.1, 0.15) is 12.6 Å². The Balaban J connectivity index is 1.39. The number of nitrogens with two attached hydrogens (primary N) is 1. The lowest BCUT2D eigenvalue weighted by Crippen LogP contribution is -2.42. The van der Waals surface area contributed by atoms with Gasteiger partial charge in [0.05, 0.1) is 7.11 Å². The van der Waals surface area contributed by atoms with Gasteiger partial charge in [-0.2, -0.15) is 0 Å². The predicted molar refractivity (Wildman–Crippen MR) is 123 cm³/mol. The molecule has 0 saturated heterocycles. The van der Waals surface area contributed by atoms with Crippen molar-refractivity contribution in [1.82, 2.24) is 5.32 Å². The number of benzene rings is 3. The molecular formula is C26H26N2O4. The third-order valence-corrected chi connectivity index (χ3v) is 5.82. The fourth-order valence-electron chi connectivity index (χ4n) is 4.17. The van der Waals surface area contributed by atoms with Crippen LogP contribution < -0.4 is 11.1 Å². The van der Waals surface area contributed by atoms with Crippen LogP contribution in [-0.4, -0.2) is 31.8 Å². The van der Waals surface area contributed by atoms with E-state index >= 15 is 0 Å². The number of carbonyl (C=O) groups is 2. The highest BCUT2D eigenvalue weighted by molar-refractivity contribution is 5.82. The van der Waals surface area contributed by atoms with Gasteiger partial charge in [-0.25, -0.2) is 9.59 Å². The summed E-state index contributed by atoms with van der Waals surface area (Å²) in [5, 5.41) is 2.66. The van der Waals surface area contributed by atoms with Crippen molar-refractivity contribution in [3.8, 4) is 11.1 Å². The van der Waals surface area contributed by atoms with Gasteiger partial charge in [0.15, 0.2) is 0 Å². The van der Waals surface area contributed by atoms with Crippen molar-refractivity contribution in [2.45, 2.75) is 24.8 Å². The minimum Gasteiger partial charge on any atom is -0.467 e. The lowest BCUT2D eigenvalue weighted by molar-refractivity contribution is -0.143. The van der Waals surface area contributed by atoms with Crippen LogP contribution in [0.15, 0.2) is 72.8 Å². The Labute approximate surface area is 187 Å². The molecule has 1 atom stereocenters. The number of hydrogen-bond donors (Lipinski definition) is 2. The van der Waals surface area contributed by atoms with Gasteiger partial charge in [0, 0.05) is 11.6 Å². The van der Waals surface area contributed by atoms with Gasteiger partial charge >= 0.3 is 12.1 Å². The first kappa shape index (κ1) is 21.4. The van der Waals surface area contributed by atoms with Crippen LogP contribution in [0.5, 0.6) is 0 Å². The molecule has 3 aromatic rings. The second kappa shape index (κ2) is 9.56. The minimum atomic E-state index is -0.798. The van der Waals surface area contributed by atoms with E-state index in [9.17, 15) is 9.59 Å². The third kappa shape index (κ3) is 4.59. The highest BCUT2D eigenvalue weighted by Crippen LogP contribution is 2.44. The zero-order valence-corrected chi connectivity index (χ0v) is 17.9. The van der Waals surface area contributed by atoms with E-state index in [-0.39, 0.29) is 12.5 Å². The standard InChI is InChI=1S/C26H26N2O4/c1-31-25(29)24(15-12-17-10-13-18(27)14-11-17)28-26(30)32-16-23-21-8-4-2-6-19(21)20-7-3-5-9-22(20)23/h2-11,13-14,23-24H,12,15-16,27H2,1H3,(H,28,30)/t24-/m0/s1. The van der Waals surface area contributed by atoms with Crippen LogP contribution in [-0.2, 0) is 20.7 Å². The van der Waals surface area contributed by atoms with Crippen molar-refractivity contribution in [2.24, 2.45) is 0 Å². The molecule has 0 spiro atoms. The molecule has 0 fully saturated rings. The number of ether oxygens (including phenoxy) is 2. The largest absolute Gasteiger partial charge is 0.467 e. The van der Waals surface area contributed by atoms with Crippen LogP contribution in [0.25, 0.3) is 11.1 Å². The molecule has 6 nitrogen and oxygen atoms in total. The normalized spacial score (nSPS) is 13.0. The van der Waals surface area contributed by atoms with Crippen molar-refractivity contribution in [1.29, 1.82) is 0 Å². The van der Waals surface area contributed by atoms with Crippen molar-refractivity contribution >= 4 is 17.7 Å². The number of rotatable bonds is 7. The van der Waals surface area contributed by atoms with Gasteiger partial charge in [-0.15, -0.1) is 0 Å². The van der Waals surface area contributed by atoms with E-state index in [1.807, 2.05) is 36.4 Å². The quantitative estimate of drug-likeness (QED) is 0.431. The summed E-state index contributed by atoms with van der Waals surface area (Å²) in [4.78, 5) is 24.8. The zero-order chi connectivity index (χ0) is 22.5. The first-order valence-corrected chi connectivity index (χ1v) is 10.6. The summed E-state index contributed by atoms with van der Waals surface area (Å²) in [5.74, 6) is -0.548. The van der Waals surface area contributed by atoms with Gasteiger partial charge in [-0.05, 0) is 52.8 Å². The van der Waals surface area contributed by atoms with E-state index in [4.69, 9.17) is 15.2 Å². The lowest BCUT2D eigenvalue weighted by Gasteiger charge is -2.18. The van der Waals surface area contributed by atoms with Crippen LogP contribution in [0.2, 0.25) is 0 Å². The maximum absolute atomic E-state index is 12.6. The highest BCUT2D eigenvalue weighted by atomic mass is 16.6. The molecule has 0 aliphatic heterocycles. The number of amides is 1. The number of carbonyl (C=O) groups excluding carboxylic acids is 2. The Kier molecular flexibility index (Phi) is 6.40. The van der Waals surface area contributed by atoms with Crippen molar-refractivity contribution in [3.63, 3.8) is 0 Å². The summed E-state index contributed by atoms with van der Waals surface area (Å²) >= 11 is 0. The molecule has 1 amide bonds. The molecule has 3 aromatic carbocycles. The molecule has 0 bridgehead atoms. The number of nitrogens with one attached hydrogen (secondary N) is 1. The van der Waals surface area contributed by atoms with E-state index in [2.05, 4.69) is 29.6 Å². The average Bonchev–Trinajstić information content (AvgIpc) is 3.14. The molecule has 3 N–H and O–H groups in total. The number of aryl methyl sites for hydroxylation is 1. The summed E-state index contributed by atoms with van der Waals surface area (Å²) in [7, 11) is 1.30. The first-order valence-electron chi connectivity index (χ1n) is 10.6. The number of alkyl carbamates (subject to hydrolysis) is 1. The Bertz CT molecular complexity index is 1070. The molecule has 0 radical (unpaired) electrons. The Morgan fingerprint density at radius 3 is 2.12 bits per heavy atom. The van der Waals surface area contributed by atoms with E-state index in [1.165, 1.54) is 7.11 Å². The fourth-order valence-corrected chi connectivity index (χ4v) is 4.17. The van der Waals surface area contributed by atoms with Crippen LogP contribution in [0.3, 0.4) is 0 Å². The number of fused-ring (bicyclic) bond motifs is 3. The van der Waals surface area contributed by atoms with Gasteiger partial charge < -0.3 is 20.5 Å². The van der Waals surface area contributed by atoms with Crippen LogP contribution in [0, 0.1) is 0 Å². The summed E-state index contributed by atoms with van der Waals surface area (Å²) in [6.07, 6.45) is 0.337. The molecule has 0 aromatic heterocycles. The Morgan fingerprint density at radius 2 is 1.53 bits per heavy atom. The number of esters is 1. The molecule has 32 heavy (non-hydrogen) atoms. The molecular weight excluding hydrogens is 404 g/mol. The van der Waals surface area contributed by atoms with E-state index < -0.39 is 18.1 Å². The molecule has 4 rings (SSSR count). The molecule has 1 aliphatic carbocycles. The zero-order valence-electron chi connectivity index (χ0n) is 17.9. The monoisotopic (exact) mass is 430 g/mol. The van der Waals surface area contributed by atoms with E-state index in [1.54, 1.807) is 12.1 Å². The molecule has 0 heterocycles. The molecule has 164 valence electrons. The molecule has 0 unspecified atom stereocenters. The SMILES string of the molecule is COC(=O)[C@H](CCc1ccc(N)cc1)NC(=O)OCC1c2ccccc2-c2ccccc21. The molecule has 6 heteroatoms. The van der Waals surface area contributed by atoms with Crippen molar-refractivity contribution < 1.29 is 19.1 Å². The average molecular weight is 431 g/mol. The van der Waals surface area contributed by atoms with E-state index in [0.717, 1.165) is 27.8 Å². The van der Waals surface area contributed by atoms with Gasteiger partial charge in [0.2, 0.25) is 0 Å². The maximum atomic E-state index is 12.6. The lowest BCUT2D eigenvalue weighted by atomic mass is 9.98. The maximum Gasteiger partial charge on any atom is 0.407 e. The summed E-state index contributed by atoms with van der Waals surface area (Å²) in [6.45, 7) is 0.186. The second-order valence-corrected chi connectivity index (χ2v) is 7.83. The van der Waals surface area contributed by atoms with Crippen LogP contribution >= 0.6 is 0 Å². The Hall–Kier alpha value is -3.80. The number of methoxy groups -OCH3 is 1. The second-order valence-electron chi connectivity index (χ2n) is 7.83. The molecule has 1 aliphatic rings. The topological polar surface area (TPSA) is 90.6 Å². The number of hydrogen-bond acceptors (Lipinski definition) is 5. The summed E-state index contributed by atoms with van der Waals surface area (Å²) < 4.78 is 10.4. The smallest absolute Gasteiger partial charge is 0.407 e. The van der Waals surface area contributed by atoms with Crippen LogP contribution in [0.1, 0.15) is 29.0 Å². The summed E-state index contributed by atoms with van der Waals surface area (Å²) in [5.41, 5.74) is 12.0. The minimum absolute atomic E-state index is 0.0421. The first-order chi connectivity index (χ1) is 15.6. The number of nitrogen functional groups attached to an aromatic ring is 1. The van der Waals surface area contributed by atoms with Crippen molar-refractivity contribution in [3.05, 3.63) is 89.5 Å². The predicted octanol–water partition coefficient (Wildman–Crippen LogP) is 4.28. The van der Waals surface area contributed by atoms with Crippen LogP contribution in [0.4, 0.5) is 10.5 Å². The van der Waals surface area contributed by atoms with Gasteiger partial charge in [-0.3, -0.25) is 0 Å². The van der Waals surface area contributed by atoms with E-state index in [0.29, 0.717) is 18.5 Å². The van der Waals surface area contributed by atoms with Crippen molar-refractivity contribution in [2.75, 3.05) is 19.5 Å². The highest BCUT2D eigenvalue weighted by Gasteiger charge is 2.29. The third-order valence-electron chi connectivity index (χ3n) is 5.82. The summed E-state index contributed by atoms with van der Waals surface area (Å²) in [6, 6.07) is 22.9. The van der Waals surface area contributed by atoms with Gasteiger partial charge in [0.25, 0.3) is 0 Å². The Morgan fingerprint density at radius 1 is 0.938 bits per heavy atom. The van der Waals surface area contributed by atoms with Gasteiger partial charge in [-0.1, -0.05) is 60.7 Å². The molecule has 0 saturated carbocycles. The fraction of sp³-hybridized carbons (Fsp3) is 0.231.